The SMILES string of the molecule is O=C(CN1CCCCCC1)NC1(c2ccccc2)CC1. The minimum Gasteiger partial charge on any atom is -0.345 e. The first kappa shape index (κ1) is 13.6. The second-order valence-corrected chi connectivity index (χ2v) is 6.19. The zero-order valence-corrected chi connectivity index (χ0v) is 12.1. The van der Waals surface area contributed by atoms with Crippen molar-refractivity contribution < 1.29 is 4.79 Å². The van der Waals surface area contributed by atoms with Crippen LogP contribution in [0.4, 0.5) is 0 Å². The Kier molecular flexibility index (Phi) is 4.06. The predicted molar refractivity (Wildman–Crippen MR) is 80.4 cm³/mol. The number of carbonyl (C=O) groups is 1. The number of likely N-dealkylation sites (tertiary alicyclic amines) is 1. The van der Waals surface area contributed by atoms with Gasteiger partial charge in [0.25, 0.3) is 0 Å². The maximum atomic E-state index is 12.3. The van der Waals surface area contributed by atoms with Crippen molar-refractivity contribution >= 4 is 5.91 Å². The smallest absolute Gasteiger partial charge is 0.234 e. The highest BCUT2D eigenvalue weighted by Gasteiger charge is 2.45. The third kappa shape index (κ3) is 3.21. The zero-order valence-electron chi connectivity index (χ0n) is 12.1. The fourth-order valence-corrected chi connectivity index (χ4v) is 3.17. The van der Waals surface area contributed by atoms with E-state index in [0.717, 1.165) is 25.9 Å². The highest BCUT2D eigenvalue weighted by Crippen LogP contribution is 2.45. The molecule has 1 N–H and O–H groups in total. The van der Waals surface area contributed by atoms with Gasteiger partial charge < -0.3 is 5.32 Å². The average Bonchev–Trinajstić information content (AvgIpc) is 3.26. The molecule has 1 amide bonds. The molecule has 0 aromatic heterocycles. The molecule has 1 aliphatic heterocycles. The molecule has 1 aromatic rings. The number of benzene rings is 1. The molecule has 3 rings (SSSR count). The predicted octanol–water partition coefficient (Wildman–Crippen LogP) is 2.67. The largest absolute Gasteiger partial charge is 0.345 e. The van der Waals surface area contributed by atoms with Crippen molar-refractivity contribution in [3.8, 4) is 0 Å². The van der Waals surface area contributed by atoms with Gasteiger partial charge in [0.2, 0.25) is 5.91 Å². The number of hydrogen-bond acceptors (Lipinski definition) is 2. The van der Waals surface area contributed by atoms with Crippen molar-refractivity contribution in [1.82, 2.24) is 10.2 Å². The number of nitrogens with one attached hydrogen (secondary N) is 1. The highest BCUT2D eigenvalue weighted by molar-refractivity contribution is 5.79. The molecule has 3 heteroatoms. The molecule has 2 fully saturated rings. The van der Waals surface area contributed by atoms with Crippen LogP contribution in [0.5, 0.6) is 0 Å². The third-order valence-electron chi connectivity index (χ3n) is 4.52. The summed E-state index contributed by atoms with van der Waals surface area (Å²) in [6.07, 6.45) is 7.23. The molecule has 2 aliphatic rings. The Morgan fingerprint density at radius 3 is 2.30 bits per heavy atom. The molecule has 0 spiro atoms. The van der Waals surface area contributed by atoms with E-state index in [4.69, 9.17) is 0 Å². The summed E-state index contributed by atoms with van der Waals surface area (Å²) in [6, 6.07) is 10.4. The topological polar surface area (TPSA) is 32.3 Å². The van der Waals surface area contributed by atoms with Crippen LogP contribution in [0.15, 0.2) is 30.3 Å². The molecular weight excluding hydrogens is 248 g/mol. The van der Waals surface area contributed by atoms with Crippen molar-refractivity contribution in [1.29, 1.82) is 0 Å². The Balaban J connectivity index is 1.56. The van der Waals surface area contributed by atoms with Gasteiger partial charge in [-0.2, -0.15) is 0 Å². The second-order valence-electron chi connectivity index (χ2n) is 6.19. The number of nitrogens with zero attached hydrogens (tertiary/aromatic N) is 1. The van der Waals surface area contributed by atoms with Crippen LogP contribution in [0.3, 0.4) is 0 Å². The maximum absolute atomic E-state index is 12.3. The molecule has 3 nitrogen and oxygen atoms in total. The van der Waals surface area contributed by atoms with Crippen molar-refractivity contribution in [3.63, 3.8) is 0 Å². The first-order chi connectivity index (χ1) is 9.78. The van der Waals surface area contributed by atoms with Gasteiger partial charge in [0.05, 0.1) is 12.1 Å². The van der Waals surface area contributed by atoms with Gasteiger partial charge in [-0.25, -0.2) is 0 Å². The minimum atomic E-state index is -0.0653. The molecule has 1 saturated carbocycles. The van der Waals surface area contributed by atoms with Gasteiger partial charge in [-0.1, -0.05) is 43.2 Å². The monoisotopic (exact) mass is 272 g/mol. The lowest BCUT2D eigenvalue weighted by Crippen LogP contribution is -2.42. The van der Waals surface area contributed by atoms with E-state index >= 15 is 0 Å². The first-order valence-corrected chi connectivity index (χ1v) is 7.87. The van der Waals surface area contributed by atoms with E-state index in [2.05, 4.69) is 34.5 Å². The Morgan fingerprint density at radius 1 is 1.05 bits per heavy atom. The molecule has 108 valence electrons. The van der Waals surface area contributed by atoms with Gasteiger partial charge in [0.1, 0.15) is 0 Å². The van der Waals surface area contributed by atoms with Crippen molar-refractivity contribution in [2.75, 3.05) is 19.6 Å². The molecule has 20 heavy (non-hydrogen) atoms. The summed E-state index contributed by atoms with van der Waals surface area (Å²) < 4.78 is 0. The average molecular weight is 272 g/mol. The Labute approximate surface area is 121 Å². The Bertz CT molecular complexity index is 445. The summed E-state index contributed by atoms with van der Waals surface area (Å²) in [5.41, 5.74) is 1.19. The standard InChI is InChI=1S/C17H24N2O/c20-16(14-19-12-6-1-2-7-13-19)18-17(10-11-17)15-8-4-3-5-9-15/h3-5,8-9H,1-2,6-7,10-14H2,(H,18,20). The maximum Gasteiger partial charge on any atom is 0.234 e. The fraction of sp³-hybridized carbons (Fsp3) is 0.588. The molecular formula is C17H24N2O. The van der Waals surface area contributed by atoms with E-state index in [1.807, 2.05) is 6.07 Å². The molecule has 0 unspecified atom stereocenters. The summed E-state index contributed by atoms with van der Waals surface area (Å²) >= 11 is 0. The van der Waals surface area contributed by atoms with Crippen LogP contribution in [0.25, 0.3) is 0 Å². The first-order valence-electron chi connectivity index (χ1n) is 7.87. The number of carbonyl (C=O) groups excluding carboxylic acids is 1. The summed E-state index contributed by atoms with van der Waals surface area (Å²) in [5, 5.41) is 3.27. The van der Waals surface area contributed by atoms with Crippen LogP contribution in [-0.2, 0) is 10.3 Å². The Hall–Kier alpha value is -1.35. The van der Waals surface area contributed by atoms with E-state index in [0.29, 0.717) is 6.54 Å². The van der Waals surface area contributed by atoms with Crippen LogP contribution >= 0.6 is 0 Å². The summed E-state index contributed by atoms with van der Waals surface area (Å²) in [7, 11) is 0. The van der Waals surface area contributed by atoms with Crippen LogP contribution in [0.2, 0.25) is 0 Å². The molecule has 1 heterocycles. The van der Waals surface area contributed by atoms with Crippen LogP contribution < -0.4 is 5.32 Å². The third-order valence-corrected chi connectivity index (χ3v) is 4.52. The Morgan fingerprint density at radius 2 is 1.70 bits per heavy atom. The number of rotatable bonds is 4. The van der Waals surface area contributed by atoms with Crippen molar-refractivity contribution in [2.24, 2.45) is 0 Å². The van der Waals surface area contributed by atoms with E-state index in [1.165, 1.54) is 31.2 Å². The lowest BCUT2D eigenvalue weighted by Gasteiger charge is -2.23. The van der Waals surface area contributed by atoms with Gasteiger partial charge in [0, 0.05) is 0 Å². The lowest BCUT2D eigenvalue weighted by atomic mass is 10.1. The van der Waals surface area contributed by atoms with Crippen LogP contribution in [-0.4, -0.2) is 30.4 Å². The minimum absolute atomic E-state index is 0.0653. The van der Waals surface area contributed by atoms with Gasteiger partial charge in [-0.15, -0.1) is 0 Å². The number of hydrogen-bond donors (Lipinski definition) is 1. The normalized spacial score (nSPS) is 22.0. The molecule has 0 radical (unpaired) electrons. The van der Waals surface area contributed by atoms with Crippen LogP contribution in [0.1, 0.15) is 44.1 Å². The number of amides is 1. The molecule has 1 saturated heterocycles. The summed E-state index contributed by atoms with van der Waals surface area (Å²) in [6.45, 7) is 2.71. The summed E-state index contributed by atoms with van der Waals surface area (Å²) in [4.78, 5) is 14.6. The molecule has 1 aliphatic carbocycles. The molecule has 0 atom stereocenters. The van der Waals surface area contributed by atoms with Gasteiger partial charge >= 0.3 is 0 Å². The highest BCUT2D eigenvalue weighted by atomic mass is 16.2. The van der Waals surface area contributed by atoms with Gasteiger partial charge in [0.15, 0.2) is 0 Å². The van der Waals surface area contributed by atoms with Crippen molar-refractivity contribution in [3.05, 3.63) is 35.9 Å². The fourth-order valence-electron chi connectivity index (χ4n) is 3.17. The summed E-state index contributed by atoms with van der Waals surface area (Å²) in [5.74, 6) is 0.188. The van der Waals surface area contributed by atoms with Gasteiger partial charge in [-0.3, -0.25) is 9.69 Å². The molecule has 1 aromatic carbocycles. The lowest BCUT2D eigenvalue weighted by molar-refractivity contribution is -0.123. The van der Waals surface area contributed by atoms with E-state index in [-0.39, 0.29) is 11.4 Å². The van der Waals surface area contributed by atoms with Crippen molar-refractivity contribution in [2.45, 2.75) is 44.1 Å². The van der Waals surface area contributed by atoms with E-state index < -0.39 is 0 Å². The van der Waals surface area contributed by atoms with Crippen LogP contribution in [0, 0.1) is 0 Å². The van der Waals surface area contributed by atoms with E-state index in [1.54, 1.807) is 0 Å². The molecule has 0 bridgehead atoms. The van der Waals surface area contributed by atoms with Gasteiger partial charge in [-0.05, 0) is 44.3 Å². The second kappa shape index (κ2) is 5.96. The quantitative estimate of drug-likeness (QED) is 0.914. The zero-order chi connectivity index (χ0) is 13.8. The van der Waals surface area contributed by atoms with E-state index in [9.17, 15) is 4.79 Å².